The van der Waals surface area contributed by atoms with Crippen LogP contribution in [0.2, 0.25) is 0 Å². The molecule has 2 aromatic carbocycles. The highest BCUT2D eigenvalue weighted by atomic mass is 19.2. The van der Waals surface area contributed by atoms with Gasteiger partial charge < -0.3 is 0 Å². The number of nitrogens with zero attached hydrogens (tertiary/aromatic N) is 2. The zero-order valence-electron chi connectivity index (χ0n) is 15.9. The van der Waals surface area contributed by atoms with Crippen molar-refractivity contribution < 1.29 is 18.4 Å². The molecule has 0 radical (unpaired) electrons. The number of halogens is 2. The summed E-state index contributed by atoms with van der Waals surface area (Å²) in [6, 6.07) is 13.5. The normalized spacial score (nSPS) is 17.8. The van der Waals surface area contributed by atoms with Crippen molar-refractivity contribution in [2.24, 2.45) is 0 Å². The van der Waals surface area contributed by atoms with Gasteiger partial charge >= 0.3 is 0 Å². The Morgan fingerprint density at radius 1 is 1.14 bits per heavy atom. The van der Waals surface area contributed by atoms with E-state index in [0.29, 0.717) is 17.5 Å². The molecule has 7 heteroatoms. The van der Waals surface area contributed by atoms with Gasteiger partial charge in [0.1, 0.15) is 0 Å². The van der Waals surface area contributed by atoms with Gasteiger partial charge in [-0.2, -0.15) is 5.10 Å². The first kappa shape index (κ1) is 19.0. The monoisotopic (exact) mass is 395 g/mol. The maximum atomic E-state index is 14.1. The van der Waals surface area contributed by atoms with E-state index < -0.39 is 17.0 Å². The SMILES string of the molecule is CON(C)C(=O)c1n[nH]c2c1C=CC(c1ccccc1)(c1ccc(F)c(F)c1)C2. The van der Waals surface area contributed by atoms with Crippen molar-refractivity contribution in [1.82, 2.24) is 15.3 Å². The fourth-order valence-corrected chi connectivity index (χ4v) is 3.73. The number of carbonyl (C=O) groups excluding carboxylic acids is 1. The van der Waals surface area contributed by atoms with E-state index in [1.54, 1.807) is 12.1 Å². The van der Waals surface area contributed by atoms with Crippen molar-refractivity contribution in [3.8, 4) is 0 Å². The highest BCUT2D eigenvalue weighted by Gasteiger charge is 2.38. The first-order valence-corrected chi connectivity index (χ1v) is 9.06. The summed E-state index contributed by atoms with van der Waals surface area (Å²) < 4.78 is 27.6. The molecule has 29 heavy (non-hydrogen) atoms. The average molecular weight is 395 g/mol. The van der Waals surface area contributed by atoms with Gasteiger partial charge in [0.05, 0.1) is 7.11 Å². The van der Waals surface area contributed by atoms with E-state index in [2.05, 4.69) is 10.2 Å². The molecule has 4 rings (SSSR count). The van der Waals surface area contributed by atoms with Crippen molar-refractivity contribution >= 4 is 12.0 Å². The molecule has 1 aliphatic carbocycles. The molecule has 1 heterocycles. The number of aromatic nitrogens is 2. The Morgan fingerprint density at radius 2 is 1.90 bits per heavy atom. The van der Waals surface area contributed by atoms with Crippen LogP contribution in [0.4, 0.5) is 8.78 Å². The van der Waals surface area contributed by atoms with Gasteiger partial charge in [0.2, 0.25) is 0 Å². The van der Waals surface area contributed by atoms with Crippen LogP contribution in [0.1, 0.15) is 32.9 Å². The third-order valence-corrected chi connectivity index (χ3v) is 5.36. The van der Waals surface area contributed by atoms with E-state index >= 15 is 0 Å². The summed E-state index contributed by atoms with van der Waals surface area (Å²) in [5, 5.41) is 8.20. The second kappa shape index (κ2) is 7.25. The zero-order valence-corrected chi connectivity index (χ0v) is 15.9. The summed E-state index contributed by atoms with van der Waals surface area (Å²) in [6.07, 6.45) is 4.12. The highest BCUT2D eigenvalue weighted by molar-refractivity contribution is 5.96. The molecule has 0 saturated heterocycles. The lowest BCUT2D eigenvalue weighted by atomic mass is 9.68. The number of carbonyl (C=O) groups is 1. The lowest BCUT2D eigenvalue weighted by Gasteiger charge is -2.34. The number of rotatable bonds is 4. The summed E-state index contributed by atoms with van der Waals surface area (Å²) in [6.45, 7) is 0. The number of hydrogen-bond donors (Lipinski definition) is 1. The summed E-state index contributed by atoms with van der Waals surface area (Å²) in [5.41, 5.74) is 2.43. The molecular weight excluding hydrogens is 376 g/mol. The Morgan fingerprint density at radius 3 is 2.59 bits per heavy atom. The standard InChI is InChI=1S/C22H19F2N3O2/c1-27(29-2)21(28)20-16-10-11-22(13-19(16)25-26-20,14-6-4-3-5-7-14)15-8-9-17(23)18(24)12-15/h3-12H,13H2,1-2H3,(H,25,26). The molecule has 0 saturated carbocycles. The van der Waals surface area contributed by atoms with Gasteiger partial charge in [-0.25, -0.2) is 13.8 Å². The van der Waals surface area contributed by atoms with Gasteiger partial charge in [0.25, 0.3) is 5.91 Å². The van der Waals surface area contributed by atoms with Crippen molar-refractivity contribution in [3.05, 3.63) is 94.3 Å². The van der Waals surface area contributed by atoms with Gasteiger partial charge in [-0.05, 0) is 23.3 Å². The Labute approximate surface area is 166 Å². The van der Waals surface area contributed by atoms with Crippen LogP contribution in [0.5, 0.6) is 0 Å². The molecule has 0 bridgehead atoms. The number of fused-ring (bicyclic) bond motifs is 1. The average Bonchev–Trinajstić information content (AvgIpc) is 3.17. The number of amides is 1. The molecule has 1 aliphatic rings. The number of hydrogen-bond acceptors (Lipinski definition) is 3. The minimum atomic E-state index is -0.904. The fourth-order valence-electron chi connectivity index (χ4n) is 3.73. The van der Waals surface area contributed by atoms with E-state index in [9.17, 15) is 13.6 Å². The van der Waals surface area contributed by atoms with Crippen LogP contribution in [-0.2, 0) is 16.7 Å². The maximum absolute atomic E-state index is 14.1. The van der Waals surface area contributed by atoms with Crippen LogP contribution in [0.25, 0.3) is 6.08 Å². The molecule has 1 atom stereocenters. The fraction of sp³-hybridized carbons (Fsp3) is 0.182. The third-order valence-electron chi connectivity index (χ3n) is 5.36. The molecule has 1 N–H and O–H groups in total. The van der Waals surface area contributed by atoms with E-state index in [1.165, 1.54) is 20.2 Å². The summed E-state index contributed by atoms with van der Waals surface area (Å²) >= 11 is 0. The predicted molar refractivity (Wildman–Crippen MR) is 104 cm³/mol. The topological polar surface area (TPSA) is 58.2 Å². The zero-order chi connectivity index (χ0) is 20.6. The maximum Gasteiger partial charge on any atom is 0.298 e. The third kappa shape index (κ3) is 3.13. The number of allylic oxidation sites excluding steroid dienone is 1. The predicted octanol–water partition coefficient (Wildman–Crippen LogP) is 3.88. The second-order valence-corrected chi connectivity index (χ2v) is 6.93. The molecule has 1 unspecified atom stereocenters. The minimum absolute atomic E-state index is 0.243. The van der Waals surface area contributed by atoms with Crippen LogP contribution in [0, 0.1) is 11.6 Å². The van der Waals surface area contributed by atoms with Gasteiger partial charge in [-0.3, -0.25) is 14.7 Å². The molecule has 5 nitrogen and oxygen atoms in total. The van der Waals surface area contributed by atoms with Crippen LogP contribution < -0.4 is 0 Å². The molecule has 0 aliphatic heterocycles. The molecule has 0 fully saturated rings. The van der Waals surface area contributed by atoms with Crippen molar-refractivity contribution in [2.75, 3.05) is 14.2 Å². The van der Waals surface area contributed by atoms with Crippen molar-refractivity contribution in [2.45, 2.75) is 11.8 Å². The van der Waals surface area contributed by atoms with Crippen LogP contribution in [0.3, 0.4) is 0 Å². The van der Waals surface area contributed by atoms with E-state index in [4.69, 9.17) is 4.84 Å². The lowest BCUT2D eigenvalue weighted by molar-refractivity contribution is -0.0760. The van der Waals surface area contributed by atoms with E-state index in [1.807, 2.05) is 36.4 Å². The van der Waals surface area contributed by atoms with Gasteiger partial charge in [-0.1, -0.05) is 48.6 Å². The molecule has 3 aromatic rings. The molecule has 148 valence electrons. The van der Waals surface area contributed by atoms with Gasteiger partial charge in [0, 0.05) is 30.1 Å². The quantitative estimate of drug-likeness (QED) is 0.682. The minimum Gasteiger partial charge on any atom is -0.281 e. The Balaban J connectivity index is 1.85. The Hall–Kier alpha value is -3.32. The largest absolute Gasteiger partial charge is 0.298 e. The first-order chi connectivity index (χ1) is 14.0. The van der Waals surface area contributed by atoms with Crippen molar-refractivity contribution in [3.63, 3.8) is 0 Å². The number of nitrogens with one attached hydrogen (secondary N) is 1. The second-order valence-electron chi connectivity index (χ2n) is 6.93. The summed E-state index contributed by atoms with van der Waals surface area (Å²) in [5.74, 6) is -2.18. The summed E-state index contributed by atoms with van der Waals surface area (Å²) in [7, 11) is 2.90. The van der Waals surface area contributed by atoms with Gasteiger partial charge in [-0.15, -0.1) is 0 Å². The lowest BCUT2D eigenvalue weighted by Crippen LogP contribution is -2.31. The van der Waals surface area contributed by atoms with Crippen LogP contribution in [-0.4, -0.2) is 35.3 Å². The van der Waals surface area contributed by atoms with E-state index in [-0.39, 0.29) is 11.6 Å². The Kier molecular flexibility index (Phi) is 4.76. The van der Waals surface area contributed by atoms with Crippen LogP contribution >= 0.6 is 0 Å². The van der Waals surface area contributed by atoms with Gasteiger partial charge in [0.15, 0.2) is 17.3 Å². The smallest absolute Gasteiger partial charge is 0.281 e. The number of hydroxylamine groups is 2. The number of H-pyrrole nitrogens is 1. The molecule has 1 aromatic heterocycles. The summed E-state index contributed by atoms with van der Waals surface area (Å²) in [4.78, 5) is 17.4. The van der Waals surface area contributed by atoms with Crippen LogP contribution in [0.15, 0.2) is 54.6 Å². The first-order valence-electron chi connectivity index (χ1n) is 9.06. The van der Waals surface area contributed by atoms with E-state index in [0.717, 1.165) is 22.4 Å². The molecular formula is C22H19F2N3O2. The Bertz CT molecular complexity index is 1090. The highest BCUT2D eigenvalue weighted by Crippen LogP contribution is 2.42. The molecule has 0 spiro atoms. The number of benzene rings is 2. The number of aromatic amines is 1. The molecule has 1 amide bonds. The van der Waals surface area contributed by atoms with Crippen molar-refractivity contribution in [1.29, 1.82) is 0 Å².